The second kappa shape index (κ2) is 7.49. The Kier molecular flexibility index (Phi) is 5.36. The van der Waals surface area contributed by atoms with Gasteiger partial charge in [-0.3, -0.25) is 14.4 Å². The molecule has 5 nitrogen and oxygen atoms in total. The van der Waals surface area contributed by atoms with E-state index in [-0.39, 0.29) is 11.8 Å². The Morgan fingerprint density at radius 2 is 2.25 bits per heavy atom. The Morgan fingerprint density at radius 1 is 1.42 bits per heavy atom. The van der Waals surface area contributed by atoms with Gasteiger partial charge in [0.2, 0.25) is 5.91 Å². The Labute approximate surface area is 147 Å². The number of amides is 1. The maximum atomic E-state index is 11.7. The van der Waals surface area contributed by atoms with Gasteiger partial charge in [0, 0.05) is 48.0 Å². The zero-order chi connectivity index (χ0) is 17.1. The molecular weight excluding hydrogens is 320 g/mol. The fourth-order valence-corrected chi connectivity index (χ4v) is 4.09. The summed E-state index contributed by atoms with van der Waals surface area (Å²) < 4.78 is 2.14. The van der Waals surface area contributed by atoms with Crippen LogP contribution >= 0.6 is 11.3 Å². The Balaban J connectivity index is 1.62. The van der Waals surface area contributed by atoms with E-state index in [4.69, 9.17) is 0 Å². The van der Waals surface area contributed by atoms with Crippen molar-refractivity contribution in [3.63, 3.8) is 0 Å². The van der Waals surface area contributed by atoms with E-state index in [0.717, 1.165) is 26.1 Å². The van der Waals surface area contributed by atoms with Crippen molar-refractivity contribution >= 4 is 17.2 Å². The van der Waals surface area contributed by atoms with E-state index in [2.05, 4.69) is 45.1 Å². The van der Waals surface area contributed by atoms with Gasteiger partial charge in [0.15, 0.2) is 0 Å². The van der Waals surface area contributed by atoms with Gasteiger partial charge in [-0.25, -0.2) is 0 Å². The number of nitrogens with one attached hydrogen (secondary N) is 1. The van der Waals surface area contributed by atoms with Crippen molar-refractivity contribution < 1.29 is 4.79 Å². The third kappa shape index (κ3) is 4.05. The minimum Gasteiger partial charge on any atom is -0.356 e. The summed E-state index contributed by atoms with van der Waals surface area (Å²) in [4.78, 5) is 17.0. The van der Waals surface area contributed by atoms with E-state index in [1.807, 2.05) is 31.4 Å². The third-order valence-electron chi connectivity index (χ3n) is 4.43. The predicted octanol–water partition coefficient (Wildman–Crippen LogP) is 2.97. The van der Waals surface area contributed by atoms with Crippen molar-refractivity contribution in [1.29, 1.82) is 0 Å². The summed E-state index contributed by atoms with van der Waals surface area (Å²) in [7, 11) is 0. The second-order valence-electron chi connectivity index (χ2n) is 6.84. The number of carbonyl (C=O) groups excluding carboxylic acids is 1. The molecule has 6 heteroatoms. The predicted molar refractivity (Wildman–Crippen MR) is 96.9 cm³/mol. The van der Waals surface area contributed by atoms with Gasteiger partial charge in [-0.05, 0) is 31.5 Å². The molecule has 0 aliphatic carbocycles. The highest BCUT2D eigenvalue weighted by Gasteiger charge is 2.25. The van der Waals surface area contributed by atoms with Gasteiger partial charge in [-0.1, -0.05) is 13.8 Å². The number of aryl methyl sites for hydroxylation is 1. The molecule has 0 fully saturated rings. The van der Waals surface area contributed by atoms with Crippen LogP contribution in [0.5, 0.6) is 0 Å². The normalized spacial score (nSPS) is 17.9. The van der Waals surface area contributed by atoms with Crippen LogP contribution < -0.4 is 5.32 Å². The van der Waals surface area contributed by atoms with Crippen LogP contribution in [0.15, 0.2) is 24.4 Å². The summed E-state index contributed by atoms with van der Waals surface area (Å²) in [6.45, 7) is 9.60. The Morgan fingerprint density at radius 3 is 2.96 bits per heavy atom. The molecule has 0 spiro atoms. The maximum absolute atomic E-state index is 11.7. The molecule has 3 rings (SSSR count). The van der Waals surface area contributed by atoms with Crippen molar-refractivity contribution in [1.82, 2.24) is 20.0 Å². The number of aromatic nitrogens is 2. The number of carbonyl (C=O) groups is 1. The van der Waals surface area contributed by atoms with Crippen LogP contribution in [0.1, 0.15) is 41.8 Å². The molecule has 1 unspecified atom stereocenters. The lowest BCUT2D eigenvalue weighted by molar-refractivity contribution is -0.124. The molecule has 0 radical (unpaired) electrons. The highest BCUT2D eigenvalue weighted by molar-refractivity contribution is 7.11. The average molecular weight is 347 g/mol. The Bertz CT molecular complexity index is 691. The van der Waals surface area contributed by atoms with E-state index >= 15 is 0 Å². The number of hydrogen-bond acceptors (Lipinski definition) is 4. The lowest BCUT2D eigenvalue weighted by Gasteiger charge is -2.33. The van der Waals surface area contributed by atoms with E-state index < -0.39 is 0 Å². The van der Waals surface area contributed by atoms with Crippen LogP contribution in [-0.2, 0) is 17.9 Å². The SMILES string of the molecule is Cc1ccc(CN2Cc3ccnn3C(CCNC(=O)C(C)C)C2)s1. The lowest BCUT2D eigenvalue weighted by atomic mass is 10.1. The molecule has 0 bridgehead atoms. The van der Waals surface area contributed by atoms with Gasteiger partial charge >= 0.3 is 0 Å². The molecular formula is C18H26N4OS. The third-order valence-corrected chi connectivity index (χ3v) is 5.41. The van der Waals surface area contributed by atoms with E-state index in [0.29, 0.717) is 12.6 Å². The van der Waals surface area contributed by atoms with Crippen molar-refractivity contribution in [3.8, 4) is 0 Å². The summed E-state index contributed by atoms with van der Waals surface area (Å²) >= 11 is 1.87. The average Bonchev–Trinajstić information content (AvgIpc) is 3.16. The topological polar surface area (TPSA) is 50.2 Å². The first kappa shape index (κ1) is 17.2. The van der Waals surface area contributed by atoms with Crippen LogP contribution in [0.3, 0.4) is 0 Å². The van der Waals surface area contributed by atoms with Gasteiger partial charge in [-0.15, -0.1) is 11.3 Å². The van der Waals surface area contributed by atoms with Crippen LogP contribution in [-0.4, -0.2) is 33.7 Å². The van der Waals surface area contributed by atoms with E-state index in [1.165, 1.54) is 15.4 Å². The van der Waals surface area contributed by atoms with Crippen LogP contribution in [0.25, 0.3) is 0 Å². The van der Waals surface area contributed by atoms with Gasteiger partial charge in [0.1, 0.15) is 0 Å². The zero-order valence-electron chi connectivity index (χ0n) is 14.7. The van der Waals surface area contributed by atoms with Gasteiger partial charge < -0.3 is 5.32 Å². The maximum Gasteiger partial charge on any atom is 0.222 e. The minimum atomic E-state index is 0.0372. The summed E-state index contributed by atoms with van der Waals surface area (Å²) in [6.07, 6.45) is 2.79. The van der Waals surface area contributed by atoms with Crippen molar-refractivity contribution in [2.75, 3.05) is 13.1 Å². The molecule has 1 atom stereocenters. The summed E-state index contributed by atoms with van der Waals surface area (Å²) in [5.74, 6) is 0.160. The molecule has 1 N–H and O–H groups in total. The van der Waals surface area contributed by atoms with Crippen molar-refractivity contribution in [2.45, 2.75) is 46.3 Å². The summed E-state index contributed by atoms with van der Waals surface area (Å²) in [5.41, 5.74) is 1.26. The fourth-order valence-electron chi connectivity index (χ4n) is 3.16. The fraction of sp³-hybridized carbons (Fsp3) is 0.556. The smallest absolute Gasteiger partial charge is 0.222 e. The van der Waals surface area contributed by atoms with E-state index in [1.54, 1.807) is 0 Å². The molecule has 24 heavy (non-hydrogen) atoms. The van der Waals surface area contributed by atoms with Crippen molar-refractivity contribution in [3.05, 3.63) is 39.8 Å². The van der Waals surface area contributed by atoms with Gasteiger partial charge in [0.25, 0.3) is 0 Å². The molecule has 0 aromatic carbocycles. The lowest BCUT2D eigenvalue weighted by Crippen LogP contribution is -2.39. The first-order valence-electron chi connectivity index (χ1n) is 8.60. The largest absolute Gasteiger partial charge is 0.356 e. The van der Waals surface area contributed by atoms with Crippen LogP contribution in [0.2, 0.25) is 0 Å². The number of hydrogen-bond donors (Lipinski definition) is 1. The molecule has 3 heterocycles. The highest BCUT2D eigenvalue weighted by Crippen LogP contribution is 2.26. The Hall–Kier alpha value is -1.66. The first-order valence-corrected chi connectivity index (χ1v) is 9.42. The molecule has 1 aliphatic rings. The first-order chi connectivity index (χ1) is 11.5. The molecule has 0 saturated carbocycles. The van der Waals surface area contributed by atoms with E-state index in [9.17, 15) is 4.79 Å². The molecule has 130 valence electrons. The van der Waals surface area contributed by atoms with Crippen LogP contribution in [0, 0.1) is 12.8 Å². The highest BCUT2D eigenvalue weighted by atomic mass is 32.1. The quantitative estimate of drug-likeness (QED) is 0.875. The summed E-state index contributed by atoms with van der Waals surface area (Å²) in [6, 6.07) is 6.83. The molecule has 2 aromatic rings. The summed E-state index contributed by atoms with van der Waals surface area (Å²) in [5, 5.41) is 7.52. The molecule has 1 amide bonds. The number of fused-ring (bicyclic) bond motifs is 1. The molecule has 0 saturated heterocycles. The second-order valence-corrected chi connectivity index (χ2v) is 8.21. The molecule has 2 aromatic heterocycles. The number of rotatable bonds is 6. The van der Waals surface area contributed by atoms with Crippen LogP contribution in [0.4, 0.5) is 0 Å². The number of thiophene rings is 1. The monoisotopic (exact) mass is 346 g/mol. The zero-order valence-corrected chi connectivity index (χ0v) is 15.5. The molecule has 1 aliphatic heterocycles. The number of nitrogens with zero attached hydrogens (tertiary/aromatic N) is 3. The standard InChI is InChI=1S/C18H26N4OS/c1-13(2)18(23)19-8-6-15-10-21(11-16-7-9-20-22(15)16)12-17-5-4-14(3)24-17/h4-5,7,9,13,15H,6,8,10-12H2,1-3H3,(H,19,23). The van der Waals surface area contributed by atoms with Gasteiger partial charge in [0.05, 0.1) is 11.7 Å². The minimum absolute atomic E-state index is 0.0372. The van der Waals surface area contributed by atoms with Crippen molar-refractivity contribution in [2.24, 2.45) is 5.92 Å². The van der Waals surface area contributed by atoms with Gasteiger partial charge in [-0.2, -0.15) is 5.10 Å².